The number of ether oxygens (including phenoxy) is 1. The van der Waals surface area contributed by atoms with Gasteiger partial charge in [0, 0.05) is 37.8 Å². The molecule has 4 nitrogen and oxygen atoms in total. The summed E-state index contributed by atoms with van der Waals surface area (Å²) in [7, 11) is 0. The lowest BCUT2D eigenvalue weighted by Crippen LogP contribution is -2.40. The second kappa shape index (κ2) is 5.73. The molecule has 3 rings (SSSR count). The highest BCUT2D eigenvalue weighted by atomic mass is 19.1. The zero-order chi connectivity index (χ0) is 13.9. The van der Waals surface area contributed by atoms with E-state index in [2.05, 4.69) is 10.2 Å². The number of carbonyl (C=O) groups excluding carboxylic acids is 1. The molecule has 0 bridgehead atoms. The Hall–Kier alpha value is -1.72. The SMILES string of the molecule is O=C1C=C(CN2CCOC(c3ccccc3F)C2)CN1. The van der Waals surface area contributed by atoms with E-state index in [1.165, 1.54) is 6.07 Å². The van der Waals surface area contributed by atoms with Crippen molar-refractivity contribution in [2.75, 3.05) is 32.8 Å². The number of halogens is 1. The minimum Gasteiger partial charge on any atom is -0.371 e. The van der Waals surface area contributed by atoms with E-state index in [1.54, 1.807) is 18.2 Å². The molecule has 0 aromatic heterocycles. The van der Waals surface area contributed by atoms with E-state index in [1.807, 2.05) is 6.07 Å². The minimum atomic E-state index is -0.240. The number of benzene rings is 1. The van der Waals surface area contributed by atoms with Gasteiger partial charge in [-0.1, -0.05) is 18.2 Å². The minimum absolute atomic E-state index is 0.0288. The zero-order valence-electron chi connectivity index (χ0n) is 11.1. The fraction of sp³-hybridized carbons (Fsp3) is 0.400. The van der Waals surface area contributed by atoms with Crippen LogP contribution in [0.15, 0.2) is 35.9 Å². The number of hydrogen-bond acceptors (Lipinski definition) is 3. The van der Waals surface area contributed by atoms with Gasteiger partial charge in [-0.25, -0.2) is 4.39 Å². The van der Waals surface area contributed by atoms with Crippen LogP contribution in [0.4, 0.5) is 4.39 Å². The van der Waals surface area contributed by atoms with Crippen LogP contribution < -0.4 is 5.32 Å². The Labute approximate surface area is 117 Å². The molecule has 0 aliphatic carbocycles. The summed E-state index contributed by atoms with van der Waals surface area (Å²) in [4.78, 5) is 13.3. The summed E-state index contributed by atoms with van der Waals surface area (Å²) in [6.07, 6.45) is 1.41. The van der Waals surface area contributed by atoms with Gasteiger partial charge in [0.05, 0.1) is 12.7 Å². The molecule has 5 heteroatoms. The van der Waals surface area contributed by atoms with Gasteiger partial charge in [0.15, 0.2) is 0 Å². The van der Waals surface area contributed by atoms with Crippen LogP contribution in [0, 0.1) is 5.82 Å². The number of morpholine rings is 1. The van der Waals surface area contributed by atoms with Crippen molar-refractivity contribution >= 4 is 5.91 Å². The monoisotopic (exact) mass is 276 g/mol. The maximum atomic E-state index is 13.8. The van der Waals surface area contributed by atoms with Crippen LogP contribution in [0.1, 0.15) is 11.7 Å². The Morgan fingerprint density at radius 3 is 3.00 bits per heavy atom. The Balaban J connectivity index is 1.66. The molecule has 1 aromatic carbocycles. The third-order valence-corrected chi connectivity index (χ3v) is 3.65. The van der Waals surface area contributed by atoms with E-state index >= 15 is 0 Å². The van der Waals surface area contributed by atoms with E-state index in [0.717, 1.165) is 18.7 Å². The molecule has 1 N–H and O–H groups in total. The van der Waals surface area contributed by atoms with E-state index in [-0.39, 0.29) is 17.8 Å². The maximum Gasteiger partial charge on any atom is 0.244 e. The molecule has 1 unspecified atom stereocenters. The van der Waals surface area contributed by atoms with Gasteiger partial charge in [-0.15, -0.1) is 0 Å². The molecule has 1 fully saturated rings. The van der Waals surface area contributed by atoms with Crippen molar-refractivity contribution < 1.29 is 13.9 Å². The van der Waals surface area contributed by atoms with Gasteiger partial charge >= 0.3 is 0 Å². The predicted molar refractivity (Wildman–Crippen MR) is 72.6 cm³/mol. The highest BCUT2D eigenvalue weighted by molar-refractivity contribution is 5.91. The molecule has 2 heterocycles. The largest absolute Gasteiger partial charge is 0.371 e. The molecular weight excluding hydrogens is 259 g/mol. The fourth-order valence-electron chi connectivity index (χ4n) is 2.65. The molecule has 0 radical (unpaired) electrons. The summed E-state index contributed by atoms with van der Waals surface area (Å²) in [5.74, 6) is -0.254. The van der Waals surface area contributed by atoms with Crippen molar-refractivity contribution in [3.8, 4) is 0 Å². The first kappa shape index (κ1) is 13.3. The molecule has 1 atom stereocenters. The van der Waals surface area contributed by atoms with Gasteiger partial charge in [0.25, 0.3) is 0 Å². The van der Waals surface area contributed by atoms with Crippen LogP contribution in [-0.2, 0) is 9.53 Å². The number of carbonyl (C=O) groups is 1. The highest BCUT2D eigenvalue weighted by Crippen LogP contribution is 2.24. The van der Waals surface area contributed by atoms with Crippen molar-refractivity contribution in [1.82, 2.24) is 10.2 Å². The summed E-state index contributed by atoms with van der Waals surface area (Å²) >= 11 is 0. The van der Waals surface area contributed by atoms with Crippen molar-refractivity contribution in [1.29, 1.82) is 0 Å². The van der Waals surface area contributed by atoms with E-state index in [0.29, 0.717) is 25.3 Å². The lowest BCUT2D eigenvalue weighted by molar-refractivity contribution is -0.115. The van der Waals surface area contributed by atoms with Crippen LogP contribution >= 0.6 is 0 Å². The van der Waals surface area contributed by atoms with Gasteiger partial charge in [0.2, 0.25) is 5.91 Å². The van der Waals surface area contributed by atoms with Gasteiger partial charge in [-0.3, -0.25) is 9.69 Å². The van der Waals surface area contributed by atoms with E-state index in [4.69, 9.17) is 4.74 Å². The first-order chi connectivity index (χ1) is 9.72. The second-order valence-electron chi connectivity index (χ2n) is 5.14. The van der Waals surface area contributed by atoms with E-state index < -0.39 is 0 Å². The number of nitrogens with one attached hydrogen (secondary N) is 1. The highest BCUT2D eigenvalue weighted by Gasteiger charge is 2.25. The number of nitrogens with zero attached hydrogens (tertiary/aromatic N) is 1. The Bertz CT molecular complexity index is 544. The summed E-state index contributed by atoms with van der Waals surface area (Å²) in [5.41, 5.74) is 1.68. The van der Waals surface area contributed by atoms with E-state index in [9.17, 15) is 9.18 Å². The second-order valence-corrected chi connectivity index (χ2v) is 5.14. The third kappa shape index (κ3) is 2.89. The molecule has 0 saturated carbocycles. The molecule has 1 aromatic rings. The molecular formula is C15H17FN2O2. The summed E-state index contributed by atoms with van der Waals surface area (Å²) in [5, 5.41) is 2.76. The number of hydrogen-bond donors (Lipinski definition) is 1. The third-order valence-electron chi connectivity index (χ3n) is 3.65. The molecule has 20 heavy (non-hydrogen) atoms. The van der Waals surface area contributed by atoms with Crippen LogP contribution in [0.3, 0.4) is 0 Å². The Morgan fingerprint density at radius 1 is 1.40 bits per heavy atom. The zero-order valence-corrected chi connectivity index (χ0v) is 11.1. The lowest BCUT2D eigenvalue weighted by atomic mass is 10.1. The number of rotatable bonds is 3. The normalized spacial score (nSPS) is 23.6. The van der Waals surface area contributed by atoms with Gasteiger partial charge in [0.1, 0.15) is 5.82 Å². The first-order valence-electron chi connectivity index (χ1n) is 6.78. The average molecular weight is 276 g/mol. The van der Waals surface area contributed by atoms with Gasteiger partial charge in [-0.2, -0.15) is 0 Å². The summed E-state index contributed by atoms with van der Waals surface area (Å²) in [6, 6.07) is 6.73. The van der Waals surface area contributed by atoms with Crippen molar-refractivity contribution in [3.05, 3.63) is 47.3 Å². The predicted octanol–water partition coefficient (Wildman–Crippen LogP) is 1.26. The topological polar surface area (TPSA) is 41.6 Å². The van der Waals surface area contributed by atoms with Crippen molar-refractivity contribution in [2.45, 2.75) is 6.10 Å². The molecule has 1 amide bonds. The lowest BCUT2D eigenvalue weighted by Gasteiger charge is -2.33. The molecule has 2 aliphatic rings. The molecule has 2 aliphatic heterocycles. The van der Waals surface area contributed by atoms with Crippen LogP contribution in [-0.4, -0.2) is 43.6 Å². The fourth-order valence-corrected chi connectivity index (χ4v) is 2.65. The van der Waals surface area contributed by atoms with Crippen LogP contribution in [0.25, 0.3) is 0 Å². The van der Waals surface area contributed by atoms with Gasteiger partial charge < -0.3 is 10.1 Å². The molecule has 0 spiro atoms. The summed E-state index contributed by atoms with van der Waals surface area (Å²) < 4.78 is 19.5. The Kier molecular flexibility index (Phi) is 3.80. The molecule has 1 saturated heterocycles. The van der Waals surface area contributed by atoms with Crippen molar-refractivity contribution in [3.63, 3.8) is 0 Å². The standard InChI is InChI=1S/C15H17FN2O2/c16-13-4-2-1-3-12(13)14-10-18(5-6-20-14)9-11-7-15(19)17-8-11/h1-4,7,14H,5-6,8-10H2,(H,17,19). The first-order valence-corrected chi connectivity index (χ1v) is 6.78. The smallest absolute Gasteiger partial charge is 0.244 e. The maximum absolute atomic E-state index is 13.8. The number of amides is 1. The quantitative estimate of drug-likeness (QED) is 0.903. The van der Waals surface area contributed by atoms with Crippen LogP contribution in [0.5, 0.6) is 0 Å². The van der Waals surface area contributed by atoms with Crippen LogP contribution in [0.2, 0.25) is 0 Å². The average Bonchev–Trinajstić information content (AvgIpc) is 2.85. The van der Waals surface area contributed by atoms with Gasteiger partial charge in [-0.05, 0) is 11.6 Å². The van der Waals surface area contributed by atoms with Crippen molar-refractivity contribution in [2.24, 2.45) is 0 Å². The Morgan fingerprint density at radius 2 is 2.25 bits per heavy atom. The molecule has 106 valence electrons. The summed E-state index contributed by atoms with van der Waals surface area (Å²) in [6.45, 7) is 3.37.